The van der Waals surface area contributed by atoms with Gasteiger partial charge in [-0.05, 0) is 35.9 Å². The van der Waals surface area contributed by atoms with Crippen LogP contribution in [-0.2, 0) is 6.54 Å². The van der Waals surface area contributed by atoms with E-state index in [1.165, 1.54) is 5.56 Å². The third kappa shape index (κ3) is 3.61. The molecule has 0 amide bonds. The quantitative estimate of drug-likeness (QED) is 0.610. The molecule has 0 aliphatic carbocycles. The molecule has 0 unspecified atom stereocenters. The molecule has 1 fully saturated rings. The van der Waals surface area contributed by atoms with Gasteiger partial charge in [0.15, 0.2) is 0 Å². The monoisotopic (exact) mass is 403 g/mol. The van der Waals surface area contributed by atoms with Crippen LogP contribution in [0.2, 0.25) is 0 Å². The highest BCUT2D eigenvalue weighted by molar-refractivity contribution is 6.53. The van der Waals surface area contributed by atoms with Crippen LogP contribution < -0.4 is 4.74 Å². The molecular formula is C24H22ClN3O. The first-order valence-electron chi connectivity index (χ1n) is 9.92. The van der Waals surface area contributed by atoms with Crippen LogP contribution >= 0.6 is 11.6 Å². The lowest BCUT2D eigenvalue weighted by Crippen LogP contribution is -2.45. The van der Waals surface area contributed by atoms with Crippen LogP contribution in [0.4, 0.5) is 0 Å². The van der Waals surface area contributed by atoms with Crippen molar-refractivity contribution in [1.29, 1.82) is 0 Å². The van der Waals surface area contributed by atoms with Crippen molar-refractivity contribution in [3.63, 3.8) is 0 Å². The maximum absolute atomic E-state index is 6.98. The predicted molar refractivity (Wildman–Crippen MR) is 117 cm³/mol. The highest BCUT2D eigenvalue weighted by atomic mass is 35.5. The van der Waals surface area contributed by atoms with E-state index in [1.807, 2.05) is 60.9 Å². The Labute approximate surface area is 176 Å². The minimum Gasteiger partial charge on any atom is -0.456 e. The van der Waals surface area contributed by atoms with Gasteiger partial charge in [0.25, 0.3) is 0 Å². The number of piperazine rings is 1. The zero-order chi connectivity index (χ0) is 19.6. The number of ether oxygens (including phenoxy) is 1. The number of pyridine rings is 1. The zero-order valence-electron chi connectivity index (χ0n) is 16.1. The van der Waals surface area contributed by atoms with Crippen molar-refractivity contribution in [1.82, 2.24) is 14.8 Å². The van der Waals surface area contributed by atoms with Crippen LogP contribution in [0.3, 0.4) is 0 Å². The zero-order valence-corrected chi connectivity index (χ0v) is 16.8. The fourth-order valence-electron chi connectivity index (χ4n) is 4.04. The van der Waals surface area contributed by atoms with E-state index in [9.17, 15) is 0 Å². The van der Waals surface area contributed by atoms with Gasteiger partial charge in [0.05, 0.1) is 10.7 Å². The van der Waals surface area contributed by atoms with Gasteiger partial charge in [-0.1, -0.05) is 41.9 Å². The summed E-state index contributed by atoms with van der Waals surface area (Å²) in [6, 6.07) is 20.3. The largest absolute Gasteiger partial charge is 0.456 e. The summed E-state index contributed by atoms with van der Waals surface area (Å²) in [5.74, 6) is 1.65. The van der Waals surface area contributed by atoms with E-state index in [-0.39, 0.29) is 0 Å². The molecule has 146 valence electrons. The maximum Gasteiger partial charge on any atom is 0.136 e. The standard InChI is InChI=1S/C24H22ClN3O/c25-23-19-7-1-3-9-21(19)29-22-10-4-2-8-20(22)24(23)28-14-12-27(13-15-28)17-18-6-5-11-26-16-18/h1-11,16H,12-15,17H2. The number of rotatable bonds is 3. The molecule has 0 saturated carbocycles. The number of benzene rings is 2. The van der Waals surface area contributed by atoms with Crippen molar-refractivity contribution in [3.05, 3.63) is 89.7 Å². The lowest BCUT2D eigenvalue weighted by molar-refractivity contribution is 0.169. The van der Waals surface area contributed by atoms with Gasteiger partial charge in [0, 0.05) is 56.2 Å². The number of fused-ring (bicyclic) bond motifs is 2. The van der Waals surface area contributed by atoms with Crippen molar-refractivity contribution >= 4 is 22.3 Å². The molecule has 1 aromatic heterocycles. The van der Waals surface area contributed by atoms with Gasteiger partial charge in [-0.2, -0.15) is 0 Å². The van der Waals surface area contributed by atoms with Crippen LogP contribution in [0.25, 0.3) is 10.7 Å². The summed E-state index contributed by atoms with van der Waals surface area (Å²) in [5.41, 5.74) is 4.31. The van der Waals surface area contributed by atoms with E-state index in [2.05, 4.69) is 26.9 Å². The van der Waals surface area contributed by atoms with Crippen LogP contribution in [0.1, 0.15) is 16.7 Å². The molecule has 0 N–H and O–H groups in total. The predicted octanol–water partition coefficient (Wildman–Crippen LogP) is 5.07. The van der Waals surface area contributed by atoms with Crippen molar-refractivity contribution in [2.75, 3.05) is 26.2 Å². The second kappa shape index (κ2) is 7.90. The van der Waals surface area contributed by atoms with E-state index in [1.54, 1.807) is 0 Å². The number of hydrogen-bond acceptors (Lipinski definition) is 4. The van der Waals surface area contributed by atoms with E-state index < -0.39 is 0 Å². The molecule has 0 spiro atoms. The third-order valence-corrected chi connectivity index (χ3v) is 5.89. The number of nitrogens with zero attached hydrogens (tertiary/aromatic N) is 3. The fraction of sp³-hybridized carbons (Fsp3) is 0.208. The summed E-state index contributed by atoms with van der Waals surface area (Å²) in [6.45, 7) is 4.72. The molecule has 1 saturated heterocycles. The maximum atomic E-state index is 6.98. The van der Waals surface area contributed by atoms with E-state index in [0.29, 0.717) is 0 Å². The number of halogens is 1. The second-order valence-electron chi connectivity index (χ2n) is 7.38. The Morgan fingerprint density at radius 3 is 2.24 bits per heavy atom. The molecule has 0 atom stereocenters. The summed E-state index contributed by atoms with van der Waals surface area (Å²) >= 11 is 6.98. The SMILES string of the molecule is ClC1=C(N2CCN(Cc3cccnc3)CC2)c2ccccc2Oc2ccccc21. The van der Waals surface area contributed by atoms with Crippen molar-refractivity contribution < 1.29 is 4.74 Å². The summed E-state index contributed by atoms with van der Waals surface area (Å²) in [5, 5.41) is 0.756. The first kappa shape index (κ1) is 18.2. The molecule has 5 rings (SSSR count). The number of aromatic nitrogens is 1. The lowest BCUT2D eigenvalue weighted by atomic mass is 10.1. The Kier molecular flexibility index (Phi) is 4.96. The van der Waals surface area contributed by atoms with Crippen molar-refractivity contribution in [2.45, 2.75) is 6.54 Å². The molecule has 29 heavy (non-hydrogen) atoms. The van der Waals surface area contributed by atoms with Gasteiger partial charge in [0.1, 0.15) is 11.5 Å². The first-order valence-corrected chi connectivity index (χ1v) is 10.3. The van der Waals surface area contributed by atoms with Crippen LogP contribution in [0, 0.1) is 0 Å². The average molecular weight is 404 g/mol. The van der Waals surface area contributed by atoms with E-state index >= 15 is 0 Å². The molecular weight excluding hydrogens is 382 g/mol. The minimum absolute atomic E-state index is 0.756. The molecule has 5 heteroatoms. The molecule has 3 aromatic rings. The summed E-state index contributed by atoms with van der Waals surface area (Å²) in [7, 11) is 0. The minimum atomic E-state index is 0.756. The van der Waals surface area contributed by atoms with Crippen LogP contribution in [0.15, 0.2) is 73.1 Å². The molecule has 4 nitrogen and oxygen atoms in total. The molecule has 2 aromatic carbocycles. The molecule has 0 bridgehead atoms. The summed E-state index contributed by atoms with van der Waals surface area (Å²) < 4.78 is 6.22. The van der Waals surface area contributed by atoms with Gasteiger partial charge in [-0.25, -0.2) is 0 Å². The first-order chi connectivity index (χ1) is 14.3. The highest BCUT2D eigenvalue weighted by Crippen LogP contribution is 2.45. The molecule has 3 heterocycles. The molecule has 2 aliphatic heterocycles. The normalized spacial score (nSPS) is 16.7. The Balaban J connectivity index is 1.44. The Morgan fingerprint density at radius 2 is 1.52 bits per heavy atom. The van der Waals surface area contributed by atoms with Gasteiger partial charge >= 0.3 is 0 Å². The Morgan fingerprint density at radius 1 is 0.828 bits per heavy atom. The van der Waals surface area contributed by atoms with Gasteiger partial charge in [-0.15, -0.1) is 0 Å². The molecule has 2 aliphatic rings. The highest BCUT2D eigenvalue weighted by Gasteiger charge is 2.28. The van der Waals surface area contributed by atoms with Crippen LogP contribution in [0.5, 0.6) is 11.5 Å². The average Bonchev–Trinajstić information content (AvgIpc) is 2.89. The van der Waals surface area contributed by atoms with Gasteiger partial charge < -0.3 is 9.64 Å². The van der Waals surface area contributed by atoms with Crippen molar-refractivity contribution in [2.24, 2.45) is 0 Å². The second-order valence-corrected chi connectivity index (χ2v) is 7.76. The van der Waals surface area contributed by atoms with Gasteiger partial charge in [0.2, 0.25) is 0 Å². The van der Waals surface area contributed by atoms with Gasteiger partial charge in [-0.3, -0.25) is 9.88 Å². The Bertz CT molecular complexity index is 1040. The lowest BCUT2D eigenvalue weighted by Gasteiger charge is -2.37. The molecule has 0 radical (unpaired) electrons. The summed E-state index contributed by atoms with van der Waals surface area (Å²) in [6.07, 6.45) is 3.76. The smallest absolute Gasteiger partial charge is 0.136 e. The topological polar surface area (TPSA) is 28.6 Å². The number of hydrogen-bond donors (Lipinski definition) is 0. The van der Waals surface area contributed by atoms with Crippen LogP contribution in [-0.4, -0.2) is 41.0 Å². The third-order valence-electron chi connectivity index (χ3n) is 5.51. The van der Waals surface area contributed by atoms with E-state index in [4.69, 9.17) is 16.3 Å². The Hall–Kier alpha value is -2.82. The number of para-hydroxylation sites is 2. The fourth-order valence-corrected chi connectivity index (χ4v) is 4.42. The van der Waals surface area contributed by atoms with Crippen molar-refractivity contribution in [3.8, 4) is 11.5 Å². The van der Waals surface area contributed by atoms with E-state index in [0.717, 1.165) is 66.1 Å². The summed E-state index contributed by atoms with van der Waals surface area (Å²) in [4.78, 5) is 9.09.